The van der Waals surface area contributed by atoms with E-state index in [-0.39, 0.29) is 13.2 Å². The van der Waals surface area contributed by atoms with Gasteiger partial charge in [0.15, 0.2) is 11.5 Å². The molecule has 6 nitrogen and oxygen atoms in total. The molecule has 0 aliphatic carbocycles. The van der Waals surface area contributed by atoms with Crippen molar-refractivity contribution in [2.75, 3.05) is 6.79 Å². The molecular weight excluding hydrogens is 240 g/mol. The Bertz CT molecular complexity index is 481. The van der Waals surface area contributed by atoms with Gasteiger partial charge in [-0.1, -0.05) is 6.07 Å². The van der Waals surface area contributed by atoms with Gasteiger partial charge in [0.25, 0.3) is 0 Å². The third-order valence-electron chi connectivity index (χ3n) is 2.44. The number of rotatable bonds is 4. The molecule has 0 saturated heterocycles. The molecule has 0 aromatic heterocycles. The van der Waals surface area contributed by atoms with Gasteiger partial charge in [-0.15, -0.1) is 0 Å². The molecule has 1 N–H and O–H groups in total. The van der Waals surface area contributed by atoms with Gasteiger partial charge < -0.3 is 19.3 Å². The molecular formula is C12H12O6. The number of aliphatic carboxylic acids is 1. The lowest BCUT2D eigenvalue weighted by Crippen LogP contribution is -2.28. The maximum Gasteiger partial charge on any atom is 0.345 e. The molecule has 0 amide bonds. The van der Waals surface area contributed by atoms with Gasteiger partial charge >= 0.3 is 11.9 Å². The van der Waals surface area contributed by atoms with Crippen LogP contribution in [0.2, 0.25) is 0 Å². The van der Waals surface area contributed by atoms with Gasteiger partial charge in [-0.2, -0.15) is 0 Å². The van der Waals surface area contributed by atoms with Crippen molar-refractivity contribution in [3.05, 3.63) is 23.8 Å². The van der Waals surface area contributed by atoms with E-state index in [9.17, 15) is 9.59 Å². The van der Waals surface area contributed by atoms with E-state index in [2.05, 4.69) is 0 Å². The van der Waals surface area contributed by atoms with Crippen LogP contribution in [0.3, 0.4) is 0 Å². The van der Waals surface area contributed by atoms with E-state index in [4.69, 9.17) is 19.3 Å². The molecule has 0 unspecified atom stereocenters. The zero-order chi connectivity index (χ0) is 13.1. The fourth-order valence-electron chi connectivity index (χ4n) is 1.66. The standard InChI is InChI=1S/C12H12O6/c1-7(13)18-11(12(14)15)5-8-2-3-9-10(4-8)17-6-16-9/h2-4,11H,5-6H2,1H3,(H,14,15)/t11-/m0/s1. The molecule has 0 saturated carbocycles. The normalized spacial score (nSPS) is 14.1. The van der Waals surface area contributed by atoms with E-state index in [0.29, 0.717) is 17.1 Å². The lowest BCUT2D eigenvalue weighted by Gasteiger charge is -2.12. The zero-order valence-corrected chi connectivity index (χ0v) is 9.71. The minimum absolute atomic E-state index is 0.0888. The number of carboxylic acid groups (broad SMARTS) is 1. The largest absolute Gasteiger partial charge is 0.478 e. The second kappa shape index (κ2) is 4.95. The summed E-state index contributed by atoms with van der Waals surface area (Å²) >= 11 is 0. The Morgan fingerprint density at radius 2 is 2.11 bits per heavy atom. The number of ether oxygens (including phenoxy) is 3. The van der Waals surface area contributed by atoms with Crippen molar-refractivity contribution in [3.63, 3.8) is 0 Å². The highest BCUT2D eigenvalue weighted by atomic mass is 16.7. The smallest absolute Gasteiger partial charge is 0.345 e. The first-order chi connectivity index (χ1) is 8.56. The van der Waals surface area contributed by atoms with Crippen molar-refractivity contribution in [2.45, 2.75) is 19.4 Å². The van der Waals surface area contributed by atoms with Gasteiger partial charge in [0.05, 0.1) is 0 Å². The first-order valence-corrected chi connectivity index (χ1v) is 5.35. The number of carbonyl (C=O) groups excluding carboxylic acids is 1. The van der Waals surface area contributed by atoms with E-state index in [1.165, 1.54) is 6.92 Å². The van der Waals surface area contributed by atoms with Gasteiger partial charge in [0, 0.05) is 13.3 Å². The maximum absolute atomic E-state index is 10.9. The van der Waals surface area contributed by atoms with E-state index in [0.717, 1.165) is 0 Å². The average Bonchev–Trinajstić information content (AvgIpc) is 2.74. The summed E-state index contributed by atoms with van der Waals surface area (Å²) in [6.45, 7) is 1.33. The number of hydrogen-bond acceptors (Lipinski definition) is 5. The second-order valence-corrected chi connectivity index (χ2v) is 3.83. The van der Waals surface area contributed by atoms with Crippen LogP contribution in [0, 0.1) is 0 Å². The molecule has 1 aliphatic heterocycles. The van der Waals surface area contributed by atoms with Gasteiger partial charge in [0.1, 0.15) is 0 Å². The Hall–Kier alpha value is -2.24. The fourth-order valence-corrected chi connectivity index (χ4v) is 1.66. The molecule has 1 aromatic carbocycles. The predicted molar refractivity (Wildman–Crippen MR) is 59.5 cm³/mol. The van der Waals surface area contributed by atoms with Crippen molar-refractivity contribution in [1.82, 2.24) is 0 Å². The summed E-state index contributed by atoms with van der Waals surface area (Å²) in [6.07, 6.45) is -1.10. The topological polar surface area (TPSA) is 82.1 Å². The molecule has 1 heterocycles. The minimum Gasteiger partial charge on any atom is -0.478 e. The zero-order valence-electron chi connectivity index (χ0n) is 9.71. The third kappa shape index (κ3) is 2.71. The molecule has 18 heavy (non-hydrogen) atoms. The van der Waals surface area contributed by atoms with E-state index < -0.39 is 18.0 Å². The minimum atomic E-state index is -1.19. The first kappa shape index (κ1) is 12.2. The van der Waals surface area contributed by atoms with Crippen LogP contribution in [-0.4, -0.2) is 29.9 Å². The van der Waals surface area contributed by atoms with Crippen LogP contribution in [0.25, 0.3) is 0 Å². The fraction of sp³-hybridized carbons (Fsp3) is 0.333. The molecule has 2 rings (SSSR count). The molecule has 0 fully saturated rings. The quantitative estimate of drug-likeness (QED) is 0.804. The average molecular weight is 252 g/mol. The molecule has 96 valence electrons. The lowest BCUT2D eigenvalue weighted by molar-refractivity contribution is -0.162. The van der Waals surface area contributed by atoms with E-state index in [1.54, 1.807) is 18.2 Å². The SMILES string of the molecule is CC(=O)O[C@@H](Cc1ccc2c(c1)OCO2)C(=O)O. The van der Waals surface area contributed by atoms with Crippen molar-refractivity contribution in [1.29, 1.82) is 0 Å². The van der Waals surface area contributed by atoms with Gasteiger partial charge in [-0.3, -0.25) is 4.79 Å². The van der Waals surface area contributed by atoms with Crippen LogP contribution in [0.5, 0.6) is 11.5 Å². The van der Waals surface area contributed by atoms with Crippen LogP contribution in [0.4, 0.5) is 0 Å². The van der Waals surface area contributed by atoms with Gasteiger partial charge in [-0.05, 0) is 17.7 Å². The van der Waals surface area contributed by atoms with Crippen molar-refractivity contribution in [3.8, 4) is 11.5 Å². The van der Waals surface area contributed by atoms with Crippen LogP contribution < -0.4 is 9.47 Å². The molecule has 0 bridgehead atoms. The molecule has 6 heteroatoms. The molecule has 1 atom stereocenters. The summed E-state index contributed by atoms with van der Waals surface area (Å²) in [6, 6.07) is 5.10. The Morgan fingerprint density at radius 3 is 2.78 bits per heavy atom. The van der Waals surface area contributed by atoms with Crippen molar-refractivity contribution >= 4 is 11.9 Å². The number of carboxylic acids is 1. The Labute approximate surface area is 103 Å². The van der Waals surface area contributed by atoms with Gasteiger partial charge in [0.2, 0.25) is 12.9 Å². The number of esters is 1. The van der Waals surface area contributed by atoms with Crippen LogP contribution >= 0.6 is 0 Å². The molecule has 1 aliphatic rings. The van der Waals surface area contributed by atoms with E-state index in [1.807, 2.05) is 0 Å². The number of carbonyl (C=O) groups is 2. The van der Waals surface area contributed by atoms with E-state index >= 15 is 0 Å². The van der Waals surface area contributed by atoms with Gasteiger partial charge in [-0.25, -0.2) is 4.79 Å². The maximum atomic E-state index is 10.9. The summed E-state index contributed by atoms with van der Waals surface area (Å²) < 4.78 is 15.1. The summed E-state index contributed by atoms with van der Waals surface area (Å²) in [5.74, 6) is -0.608. The summed E-state index contributed by atoms with van der Waals surface area (Å²) in [5, 5.41) is 8.94. The highest BCUT2D eigenvalue weighted by molar-refractivity contribution is 5.77. The van der Waals surface area contributed by atoms with Crippen LogP contribution in [0.1, 0.15) is 12.5 Å². The Balaban J connectivity index is 2.11. The number of fused-ring (bicyclic) bond motifs is 1. The predicted octanol–water partition coefficient (Wildman–Crippen LogP) is 0.974. The lowest BCUT2D eigenvalue weighted by atomic mass is 10.1. The number of hydrogen-bond donors (Lipinski definition) is 1. The van der Waals surface area contributed by atoms with Crippen molar-refractivity contribution < 1.29 is 28.9 Å². The third-order valence-corrected chi connectivity index (χ3v) is 2.44. The second-order valence-electron chi connectivity index (χ2n) is 3.83. The molecule has 0 spiro atoms. The molecule has 0 radical (unpaired) electrons. The Morgan fingerprint density at radius 1 is 1.39 bits per heavy atom. The highest BCUT2D eigenvalue weighted by Gasteiger charge is 2.22. The highest BCUT2D eigenvalue weighted by Crippen LogP contribution is 2.32. The Kier molecular flexibility index (Phi) is 3.36. The molecule has 1 aromatic rings. The summed E-state index contributed by atoms with van der Waals surface area (Å²) in [4.78, 5) is 21.7. The summed E-state index contributed by atoms with van der Waals surface area (Å²) in [7, 11) is 0. The monoisotopic (exact) mass is 252 g/mol. The summed E-state index contributed by atoms with van der Waals surface area (Å²) in [5.41, 5.74) is 0.702. The number of benzene rings is 1. The van der Waals surface area contributed by atoms with Crippen LogP contribution in [-0.2, 0) is 20.7 Å². The first-order valence-electron chi connectivity index (χ1n) is 5.35. The van der Waals surface area contributed by atoms with Crippen molar-refractivity contribution in [2.24, 2.45) is 0 Å². The van der Waals surface area contributed by atoms with Crippen LogP contribution in [0.15, 0.2) is 18.2 Å².